The zero-order valence-electron chi connectivity index (χ0n) is 9.52. The molecule has 0 spiro atoms. The molecular weight excluding hydrogens is 240 g/mol. The molecule has 1 nitrogen and oxygen atoms in total. The molecule has 1 rings (SSSR count). The van der Waals surface area contributed by atoms with E-state index in [4.69, 9.17) is 4.74 Å². The van der Waals surface area contributed by atoms with Crippen LogP contribution in [0.2, 0.25) is 0 Å². The molecule has 0 amide bonds. The van der Waals surface area contributed by atoms with E-state index in [0.717, 1.165) is 17.9 Å². The van der Waals surface area contributed by atoms with Crippen molar-refractivity contribution in [2.75, 3.05) is 11.9 Å². The van der Waals surface area contributed by atoms with E-state index in [9.17, 15) is 0 Å². The van der Waals surface area contributed by atoms with Crippen molar-refractivity contribution in [2.24, 2.45) is 5.92 Å². The van der Waals surface area contributed by atoms with Crippen molar-refractivity contribution in [3.63, 3.8) is 0 Å². The molecule has 0 saturated heterocycles. The Kier molecular flexibility index (Phi) is 5.47. The maximum absolute atomic E-state index is 5.90. The van der Waals surface area contributed by atoms with Gasteiger partial charge in [0.15, 0.2) is 0 Å². The van der Waals surface area contributed by atoms with Crippen LogP contribution < -0.4 is 0 Å². The molecule has 0 unspecified atom stereocenters. The Balaban J connectivity index is 2.38. The van der Waals surface area contributed by atoms with E-state index in [-0.39, 0.29) is 5.60 Å². The third-order valence-electron chi connectivity index (χ3n) is 3.41. The lowest BCUT2D eigenvalue weighted by Gasteiger charge is -2.38. The van der Waals surface area contributed by atoms with Gasteiger partial charge in [-0.05, 0) is 38.5 Å². The van der Waals surface area contributed by atoms with Gasteiger partial charge in [0, 0.05) is 11.9 Å². The molecular formula is C12H23BrO. The minimum atomic E-state index is 0.166. The molecule has 0 heterocycles. The fourth-order valence-electron chi connectivity index (χ4n) is 2.52. The van der Waals surface area contributed by atoms with Gasteiger partial charge in [0.25, 0.3) is 0 Å². The fraction of sp³-hybridized carbons (Fsp3) is 1.00. The van der Waals surface area contributed by atoms with Gasteiger partial charge in [-0.1, -0.05) is 35.7 Å². The first-order valence-electron chi connectivity index (χ1n) is 5.96. The molecule has 1 aliphatic carbocycles. The average molecular weight is 263 g/mol. The number of alkyl halides is 1. The van der Waals surface area contributed by atoms with Crippen molar-refractivity contribution >= 4 is 15.9 Å². The van der Waals surface area contributed by atoms with E-state index in [1.165, 1.54) is 38.5 Å². The van der Waals surface area contributed by atoms with Crippen molar-refractivity contribution in [2.45, 2.75) is 58.0 Å². The number of ether oxygens (including phenoxy) is 1. The summed E-state index contributed by atoms with van der Waals surface area (Å²) < 4.78 is 5.90. The highest BCUT2D eigenvalue weighted by atomic mass is 79.9. The highest BCUT2D eigenvalue weighted by Gasteiger charge is 2.34. The molecule has 0 aliphatic heterocycles. The van der Waals surface area contributed by atoms with Crippen molar-refractivity contribution in [1.82, 2.24) is 0 Å². The molecule has 0 atom stereocenters. The Bertz CT molecular complexity index is 150. The molecule has 1 fully saturated rings. The first-order valence-corrected chi connectivity index (χ1v) is 7.08. The van der Waals surface area contributed by atoms with Gasteiger partial charge in [0.1, 0.15) is 0 Å². The molecule has 0 bridgehead atoms. The van der Waals surface area contributed by atoms with Crippen LogP contribution in [0, 0.1) is 5.92 Å². The van der Waals surface area contributed by atoms with Crippen LogP contribution in [0.25, 0.3) is 0 Å². The Labute approximate surface area is 96.7 Å². The molecule has 1 saturated carbocycles. The third kappa shape index (κ3) is 3.23. The minimum absolute atomic E-state index is 0.166. The van der Waals surface area contributed by atoms with Crippen LogP contribution in [0.15, 0.2) is 0 Å². The second-order valence-corrected chi connectivity index (χ2v) is 5.04. The fourth-order valence-corrected chi connectivity index (χ4v) is 3.25. The van der Waals surface area contributed by atoms with Crippen LogP contribution in [-0.2, 0) is 4.74 Å². The summed E-state index contributed by atoms with van der Waals surface area (Å²) in [5.74, 6) is 0.965. The Morgan fingerprint density at radius 3 is 2.36 bits per heavy atom. The van der Waals surface area contributed by atoms with Crippen molar-refractivity contribution in [3.8, 4) is 0 Å². The summed E-state index contributed by atoms with van der Waals surface area (Å²) in [6.45, 7) is 5.24. The second kappa shape index (κ2) is 6.12. The van der Waals surface area contributed by atoms with E-state index in [1.54, 1.807) is 0 Å². The van der Waals surface area contributed by atoms with E-state index >= 15 is 0 Å². The van der Waals surface area contributed by atoms with E-state index in [0.29, 0.717) is 0 Å². The molecule has 2 heteroatoms. The van der Waals surface area contributed by atoms with Gasteiger partial charge in [-0.3, -0.25) is 0 Å². The van der Waals surface area contributed by atoms with Crippen LogP contribution in [0.5, 0.6) is 0 Å². The SMILES string of the molecule is CCCC1CCC(CBr)(OCC)CC1. The maximum atomic E-state index is 5.90. The van der Waals surface area contributed by atoms with Crippen LogP contribution >= 0.6 is 15.9 Å². The molecule has 0 radical (unpaired) electrons. The smallest absolute Gasteiger partial charge is 0.0778 e. The van der Waals surface area contributed by atoms with Crippen LogP contribution in [-0.4, -0.2) is 17.5 Å². The van der Waals surface area contributed by atoms with Crippen molar-refractivity contribution in [1.29, 1.82) is 0 Å². The van der Waals surface area contributed by atoms with Crippen LogP contribution in [0.3, 0.4) is 0 Å². The first kappa shape index (κ1) is 12.5. The van der Waals surface area contributed by atoms with Gasteiger partial charge >= 0.3 is 0 Å². The highest BCUT2D eigenvalue weighted by Crippen LogP contribution is 2.37. The summed E-state index contributed by atoms with van der Waals surface area (Å²) in [7, 11) is 0. The largest absolute Gasteiger partial charge is 0.374 e. The molecule has 0 N–H and O–H groups in total. The average Bonchev–Trinajstić information content (AvgIpc) is 2.22. The molecule has 0 aromatic rings. The predicted octanol–water partition coefficient (Wildman–Crippen LogP) is 4.15. The van der Waals surface area contributed by atoms with Crippen molar-refractivity contribution in [3.05, 3.63) is 0 Å². The Morgan fingerprint density at radius 1 is 1.29 bits per heavy atom. The highest BCUT2D eigenvalue weighted by molar-refractivity contribution is 9.09. The van der Waals surface area contributed by atoms with Gasteiger partial charge in [0.2, 0.25) is 0 Å². The topological polar surface area (TPSA) is 9.23 Å². The summed E-state index contributed by atoms with van der Waals surface area (Å²) in [6, 6.07) is 0. The zero-order chi connectivity index (χ0) is 10.4. The lowest BCUT2D eigenvalue weighted by molar-refractivity contribution is -0.0548. The lowest BCUT2D eigenvalue weighted by atomic mass is 9.78. The number of hydrogen-bond donors (Lipinski definition) is 0. The van der Waals surface area contributed by atoms with E-state index < -0.39 is 0 Å². The first-order chi connectivity index (χ1) is 6.76. The summed E-state index contributed by atoms with van der Waals surface area (Å²) in [5, 5.41) is 1.01. The van der Waals surface area contributed by atoms with Crippen LogP contribution in [0.4, 0.5) is 0 Å². The van der Waals surface area contributed by atoms with Gasteiger partial charge in [-0.2, -0.15) is 0 Å². The van der Waals surface area contributed by atoms with Gasteiger partial charge in [0.05, 0.1) is 5.60 Å². The van der Waals surface area contributed by atoms with E-state index in [2.05, 4.69) is 29.8 Å². The second-order valence-electron chi connectivity index (χ2n) is 4.48. The summed E-state index contributed by atoms with van der Waals surface area (Å²) in [4.78, 5) is 0. The van der Waals surface area contributed by atoms with Crippen LogP contribution in [0.1, 0.15) is 52.4 Å². The summed E-state index contributed by atoms with van der Waals surface area (Å²) >= 11 is 3.60. The van der Waals surface area contributed by atoms with Gasteiger partial charge in [-0.15, -0.1) is 0 Å². The zero-order valence-corrected chi connectivity index (χ0v) is 11.1. The van der Waals surface area contributed by atoms with E-state index in [1.807, 2.05) is 0 Å². The third-order valence-corrected chi connectivity index (χ3v) is 4.43. The predicted molar refractivity (Wildman–Crippen MR) is 65.0 cm³/mol. The van der Waals surface area contributed by atoms with Crippen molar-refractivity contribution < 1.29 is 4.74 Å². The normalized spacial score (nSPS) is 33.2. The Hall–Kier alpha value is 0.440. The summed E-state index contributed by atoms with van der Waals surface area (Å²) in [5.41, 5.74) is 0.166. The molecule has 84 valence electrons. The standard InChI is InChI=1S/C12H23BrO/c1-3-5-11-6-8-12(10-13,9-7-11)14-4-2/h11H,3-10H2,1-2H3. The molecule has 14 heavy (non-hydrogen) atoms. The van der Waals surface area contributed by atoms with Gasteiger partial charge < -0.3 is 4.74 Å². The quantitative estimate of drug-likeness (QED) is 0.677. The van der Waals surface area contributed by atoms with Gasteiger partial charge in [-0.25, -0.2) is 0 Å². The summed E-state index contributed by atoms with van der Waals surface area (Å²) in [6.07, 6.45) is 7.96. The number of rotatable bonds is 5. The molecule has 0 aromatic heterocycles. The number of hydrogen-bond acceptors (Lipinski definition) is 1. The number of halogens is 1. The minimum Gasteiger partial charge on any atom is -0.374 e. The maximum Gasteiger partial charge on any atom is 0.0778 e. The Morgan fingerprint density at radius 2 is 1.93 bits per heavy atom. The monoisotopic (exact) mass is 262 g/mol. The molecule has 1 aliphatic rings. The lowest BCUT2D eigenvalue weighted by Crippen LogP contribution is -2.38. The molecule has 0 aromatic carbocycles.